The smallest absolute Gasteiger partial charge is 0.378 e. The fourth-order valence-corrected chi connectivity index (χ4v) is 7.33. The van der Waals surface area contributed by atoms with Crippen molar-refractivity contribution in [3.63, 3.8) is 0 Å². The van der Waals surface area contributed by atoms with Crippen LogP contribution < -0.4 is 0 Å². The summed E-state index contributed by atoms with van der Waals surface area (Å²) in [5.41, 5.74) is 2.95. The Balaban J connectivity index is 1.71. The molecule has 0 heterocycles. The molecule has 4 nitrogen and oxygen atoms in total. The number of rotatable bonds is 15. The van der Waals surface area contributed by atoms with Crippen LogP contribution in [0.15, 0.2) is 38.2 Å². The Morgan fingerprint density at radius 2 is 1.45 bits per heavy atom. The molecule has 1 aliphatic carbocycles. The largest absolute Gasteiger partial charge is 0.461 e. The second kappa shape index (κ2) is 16.4. The van der Waals surface area contributed by atoms with E-state index in [4.69, 9.17) is 41.4 Å². The standard InChI is InChI=1S/C25H35N3OS3Si/c1-2-3-4-5-6-8-22-9-11-23(12-10-22)24-13-15-25(16-14-24)29-17-7-18-33(26-19-30,27-20-31)28-21-32/h9-12,24-25H,2-8,13-18H2,1H3/t24-,25-. The lowest BCUT2D eigenvalue weighted by molar-refractivity contribution is 0.0250. The minimum Gasteiger partial charge on any atom is -0.378 e. The van der Waals surface area contributed by atoms with Crippen molar-refractivity contribution in [3.8, 4) is 0 Å². The van der Waals surface area contributed by atoms with E-state index in [1.165, 1.54) is 62.5 Å². The second-order valence-corrected chi connectivity index (χ2v) is 12.0. The second-order valence-electron chi connectivity index (χ2n) is 8.74. The molecule has 0 spiro atoms. The Kier molecular flexibility index (Phi) is 14.0. The maximum Gasteiger partial charge on any atom is 0.461 e. The van der Waals surface area contributed by atoms with E-state index >= 15 is 0 Å². The number of hydrogen-bond acceptors (Lipinski definition) is 7. The van der Waals surface area contributed by atoms with Gasteiger partial charge in [-0.05, 0) is 98.6 Å². The molecule has 8 heteroatoms. The molecule has 1 saturated carbocycles. The predicted molar refractivity (Wildman–Crippen MR) is 150 cm³/mol. The number of isothiocyanates is 3. The van der Waals surface area contributed by atoms with Gasteiger partial charge in [0.25, 0.3) is 0 Å². The zero-order valence-electron chi connectivity index (χ0n) is 19.6. The maximum atomic E-state index is 6.15. The Labute approximate surface area is 216 Å². The topological polar surface area (TPSA) is 46.3 Å². The first-order valence-corrected chi connectivity index (χ1v) is 15.4. The molecule has 0 aromatic heterocycles. The van der Waals surface area contributed by atoms with Gasteiger partial charge in [-0.15, -0.1) is 0 Å². The van der Waals surface area contributed by atoms with Gasteiger partial charge in [0.1, 0.15) is 0 Å². The van der Waals surface area contributed by atoms with Gasteiger partial charge in [-0.3, -0.25) is 0 Å². The van der Waals surface area contributed by atoms with Gasteiger partial charge < -0.3 is 4.74 Å². The summed E-state index contributed by atoms with van der Waals surface area (Å²) in [6, 6.07) is 9.98. The summed E-state index contributed by atoms with van der Waals surface area (Å²) < 4.78 is 18.6. The summed E-state index contributed by atoms with van der Waals surface area (Å²) >= 11 is 14.2. The molecule has 0 amide bonds. The quantitative estimate of drug-likeness (QED) is 0.103. The number of thiocarbonyl (C=S) groups is 3. The van der Waals surface area contributed by atoms with Crippen LogP contribution in [0.2, 0.25) is 6.04 Å². The molecule has 0 N–H and O–H groups in total. The van der Waals surface area contributed by atoms with E-state index in [2.05, 4.69) is 60.6 Å². The minimum absolute atomic E-state index is 0.316. The van der Waals surface area contributed by atoms with E-state index in [9.17, 15) is 0 Å². The zero-order chi connectivity index (χ0) is 23.8. The Morgan fingerprint density at radius 3 is 2.03 bits per heavy atom. The van der Waals surface area contributed by atoms with Crippen molar-refractivity contribution in [2.45, 2.75) is 95.6 Å². The highest BCUT2D eigenvalue weighted by atomic mass is 32.1. The van der Waals surface area contributed by atoms with Crippen LogP contribution in [0.4, 0.5) is 0 Å². The molecular formula is C25H35N3OS3Si. The molecule has 1 aliphatic rings. The summed E-state index contributed by atoms with van der Waals surface area (Å²) in [6.07, 6.45) is 13.5. The molecule has 1 aromatic carbocycles. The number of unbranched alkanes of at least 4 members (excludes halogenated alkanes) is 4. The molecule has 0 radical (unpaired) electrons. The summed E-state index contributed by atoms with van der Waals surface area (Å²) in [4.78, 5) is 0. The van der Waals surface area contributed by atoms with E-state index in [1.54, 1.807) is 0 Å². The highest BCUT2D eigenvalue weighted by Gasteiger charge is 2.34. The monoisotopic (exact) mass is 517 g/mol. The van der Waals surface area contributed by atoms with Crippen molar-refractivity contribution in [1.29, 1.82) is 0 Å². The molecule has 178 valence electrons. The summed E-state index contributed by atoms with van der Waals surface area (Å²) in [5.74, 6) is 0.647. The van der Waals surface area contributed by atoms with Crippen LogP contribution in [0.1, 0.15) is 88.2 Å². The van der Waals surface area contributed by atoms with Crippen molar-refractivity contribution in [2.75, 3.05) is 6.61 Å². The number of aryl methyl sites for hydroxylation is 1. The fourth-order valence-electron chi connectivity index (χ4n) is 4.47. The summed E-state index contributed by atoms with van der Waals surface area (Å²) in [6.45, 7) is 2.91. The molecule has 1 fully saturated rings. The molecule has 0 unspecified atom stereocenters. The number of hydrogen-bond donors (Lipinski definition) is 0. The lowest BCUT2D eigenvalue weighted by Crippen LogP contribution is -2.28. The van der Waals surface area contributed by atoms with Gasteiger partial charge in [-0.2, -0.15) is 0 Å². The first-order valence-electron chi connectivity index (χ1n) is 12.1. The van der Waals surface area contributed by atoms with Gasteiger partial charge in [-0.25, -0.2) is 14.0 Å². The molecule has 0 bridgehead atoms. The molecule has 0 saturated heterocycles. The Bertz CT molecular complexity index is 807. The highest BCUT2D eigenvalue weighted by Crippen LogP contribution is 2.34. The number of benzene rings is 1. The maximum absolute atomic E-state index is 6.15. The van der Waals surface area contributed by atoms with Gasteiger partial charge in [0.2, 0.25) is 0 Å². The van der Waals surface area contributed by atoms with Crippen molar-refractivity contribution >= 4 is 60.7 Å². The SMILES string of the molecule is CCCCCCCc1ccc([C@H]2CC[C@H](OCCC[Si](N=C=S)(N=C=S)N=C=S)CC2)cc1. The van der Waals surface area contributed by atoms with E-state index in [0.29, 0.717) is 24.7 Å². The van der Waals surface area contributed by atoms with Crippen molar-refractivity contribution < 1.29 is 4.74 Å². The first kappa shape index (κ1) is 28.0. The average molecular weight is 518 g/mol. The lowest BCUT2D eigenvalue weighted by Gasteiger charge is -2.29. The van der Waals surface area contributed by atoms with Crippen LogP contribution >= 0.6 is 36.7 Å². The summed E-state index contributed by atoms with van der Waals surface area (Å²) in [7, 11) is -2.81. The first-order chi connectivity index (χ1) is 16.2. The van der Waals surface area contributed by atoms with Crippen LogP contribution in [0, 0.1) is 0 Å². The molecular weight excluding hydrogens is 483 g/mol. The van der Waals surface area contributed by atoms with Crippen molar-refractivity contribution in [1.82, 2.24) is 0 Å². The Hall–Kier alpha value is -1.20. The van der Waals surface area contributed by atoms with E-state index in [0.717, 1.165) is 19.3 Å². The van der Waals surface area contributed by atoms with Crippen LogP contribution in [-0.4, -0.2) is 36.8 Å². The molecule has 0 aliphatic heterocycles. The third-order valence-corrected chi connectivity index (χ3v) is 9.57. The fraction of sp³-hybridized carbons (Fsp3) is 0.640. The lowest BCUT2D eigenvalue weighted by atomic mass is 9.82. The highest BCUT2D eigenvalue weighted by molar-refractivity contribution is 7.78. The van der Waals surface area contributed by atoms with Gasteiger partial charge in [0.05, 0.1) is 21.6 Å². The van der Waals surface area contributed by atoms with Crippen LogP contribution in [0.5, 0.6) is 0 Å². The molecule has 33 heavy (non-hydrogen) atoms. The van der Waals surface area contributed by atoms with Gasteiger partial charge in [0, 0.05) is 12.7 Å². The third kappa shape index (κ3) is 10.3. The van der Waals surface area contributed by atoms with Crippen LogP contribution in [-0.2, 0) is 11.2 Å². The van der Waals surface area contributed by atoms with E-state index in [-0.39, 0.29) is 0 Å². The number of nitrogens with zero attached hydrogens (tertiary/aromatic N) is 3. The van der Waals surface area contributed by atoms with E-state index in [1.807, 2.05) is 0 Å². The number of ether oxygens (including phenoxy) is 1. The molecule has 0 atom stereocenters. The molecule has 1 aromatic rings. The van der Waals surface area contributed by atoms with Crippen molar-refractivity contribution in [3.05, 3.63) is 35.4 Å². The predicted octanol–water partition coefficient (Wildman–Crippen LogP) is 7.88. The molecule has 2 rings (SSSR count). The van der Waals surface area contributed by atoms with Crippen molar-refractivity contribution in [2.24, 2.45) is 14.0 Å². The normalized spacial score (nSPS) is 19.4. The van der Waals surface area contributed by atoms with Gasteiger partial charge in [0.15, 0.2) is 0 Å². The summed E-state index contributed by atoms with van der Waals surface area (Å²) in [5, 5.41) is 7.14. The van der Waals surface area contributed by atoms with Gasteiger partial charge >= 0.3 is 8.56 Å². The zero-order valence-corrected chi connectivity index (χ0v) is 23.1. The minimum atomic E-state index is -2.81. The average Bonchev–Trinajstić information content (AvgIpc) is 2.83. The van der Waals surface area contributed by atoms with Crippen LogP contribution in [0.25, 0.3) is 0 Å². The Morgan fingerprint density at radius 1 is 0.848 bits per heavy atom. The van der Waals surface area contributed by atoms with Crippen LogP contribution in [0.3, 0.4) is 0 Å². The van der Waals surface area contributed by atoms with E-state index < -0.39 is 8.56 Å². The van der Waals surface area contributed by atoms with Gasteiger partial charge in [-0.1, -0.05) is 56.9 Å². The third-order valence-electron chi connectivity index (χ3n) is 6.38.